The highest BCUT2D eigenvalue weighted by atomic mass is 16.6. The Morgan fingerprint density at radius 1 is 1.03 bits per heavy atom. The number of carbonyl (C=O) groups is 1. The molecule has 1 saturated heterocycles. The van der Waals surface area contributed by atoms with Crippen molar-refractivity contribution in [2.75, 3.05) is 0 Å². The minimum atomic E-state index is -1.28. The quantitative estimate of drug-likeness (QED) is 0.477. The Hall–Kier alpha value is -0.710. The SMILES string of the molecule is CC(C)C(C)C=CC(C)C1CCC2C1(C)CCC1C3OC34CC(O)CCC4(C)C(=O)C12O. The van der Waals surface area contributed by atoms with Crippen molar-refractivity contribution in [2.45, 2.75) is 110 Å². The summed E-state index contributed by atoms with van der Waals surface area (Å²) in [7, 11) is 0. The fourth-order valence-corrected chi connectivity index (χ4v) is 8.87. The van der Waals surface area contributed by atoms with Crippen molar-refractivity contribution in [3.8, 4) is 0 Å². The third-order valence-corrected chi connectivity index (χ3v) is 11.3. The number of ketones is 1. The van der Waals surface area contributed by atoms with E-state index in [1.165, 1.54) is 0 Å². The summed E-state index contributed by atoms with van der Waals surface area (Å²) in [5.74, 6) is 2.06. The van der Waals surface area contributed by atoms with Crippen LogP contribution in [0.25, 0.3) is 0 Å². The van der Waals surface area contributed by atoms with Crippen LogP contribution in [0.15, 0.2) is 12.2 Å². The number of epoxide rings is 1. The second kappa shape index (κ2) is 7.15. The van der Waals surface area contributed by atoms with Gasteiger partial charge >= 0.3 is 0 Å². The Labute approximate surface area is 194 Å². The number of aliphatic hydroxyl groups excluding tert-OH is 1. The van der Waals surface area contributed by atoms with Gasteiger partial charge in [-0.15, -0.1) is 0 Å². The van der Waals surface area contributed by atoms with Gasteiger partial charge in [0.15, 0.2) is 5.78 Å². The van der Waals surface area contributed by atoms with E-state index in [1.54, 1.807) is 0 Å². The lowest BCUT2D eigenvalue weighted by atomic mass is 9.44. The molecule has 4 saturated carbocycles. The molecule has 0 amide bonds. The lowest BCUT2D eigenvalue weighted by Crippen LogP contribution is -2.71. The van der Waals surface area contributed by atoms with Gasteiger partial charge in [-0.2, -0.15) is 0 Å². The topological polar surface area (TPSA) is 70.1 Å². The number of carbonyl (C=O) groups excluding carboxylic acids is 1. The van der Waals surface area contributed by atoms with E-state index in [9.17, 15) is 15.0 Å². The van der Waals surface area contributed by atoms with Crippen LogP contribution in [0.1, 0.15) is 86.5 Å². The molecule has 1 heterocycles. The van der Waals surface area contributed by atoms with Gasteiger partial charge in [0.25, 0.3) is 0 Å². The van der Waals surface area contributed by atoms with Crippen LogP contribution in [-0.2, 0) is 9.53 Å². The molecule has 4 nitrogen and oxygen atoms in total. The van der Waals surface area contributed by atoms with Crippen LogP contribution in [0.5, 0.6) is 0 Å². The number of allylic oxidation sites excluding steroid dienone is 2. The number of rotatable bonds is 4. The summed E-state index contributed by atoms with van der Waals surface area (Å²) < 4.78 is 6.34. The normalized spacial score (nSPS) is 54.0. The summed E-state index contributed by atoms with van der Waals surface area (Å²) in [5, 5.41) is 22.7. The average Bonchev–Trinajstić information content (AvgIpc) is 3.32. The van der Waals surface area contributed by atoms with E-state index in [2.05, 4.69) is 46.8 Å². The van der Waals surface area contributed by atoms with Gasteiger partial charge in [-0.3, -0.25) is 4.79 Å². The van der Waals surface area contributed by atoms with E-state index in [1.807, 2.05) is 6.92 Å². The molecule has 1 aliphatic heterocycles. The number of aliphatic hydroxyl groups is 2. The molecule has 4 heteroatoms. The van der Waals surface area contributed by atoms with E-state index in [0.717, 1.165) is 25.7 Å². The molecule has 0 aromatic heterocycles. The number of hydrogen-bond donors (Lipinski definition) is 2. The van der Waals surface area contributed by atoms with Crippen molar-refractivity contribution >= 4 is 5.78 Å². The molecule has 11 unspecified atom stereocenters. The highest BCUT2D eigenvalue weighted by molar-refractivity contribution is 5.96. The minimum absolute atomic E-state index is 0.00972. The summed E-state index contributed by atoms with van der Waals surface area (Å²) in [4.78, 5) is 14.2. The maximum absolute atomic E-state index is 14.2. The molecule has 11 atom stereocenters. The summed E-state index contributed by atoms with van der Waals surface area (Å²) in [5.41, 5.74) is -2.51. The standard InChI is InChI=1S/C28H44O4/c1-16(2)17(3)7-8-18(4)20-9-10-22-25(20,5)13-12-21-23-27(32-23)15-19(29)11-14-26(27,6)24(30)28(21,22)31/h7-8,16-23,29,31H,9-15H2,1-6H3. The second-order valence-electron chi connectivity index (χ2n) is 13.0. The fraction of sp³-hybridized carbons (Fsp3) is 0.893. The second-order valence-corrected chi connectivity index (χ2v) is 13.0. The van der Waals surface area contributed by atoms with Gasteiger partial charge in [-0.1, -0.05) is 46.8 Å². The van der Waals surface area contributed by atoms with Crippen LogP contribution in [0.2, 0.25) is 0 Å². The molecule has 1 spiro atoms. The van der Waals surface area contributed by atoms with Gasteiger partial charge in [0, 0.05) is 18.3 Å². The lowest BCUT2D eigenvalue weighted by molar-refractivity contribution is -0.196. The molecular formula is C28H44O4. The molecule has 0 bridgehead atoms. The number of ether oxygens (including phenoxy) is 1. The van der Waals surface area contributed by atoms with Gasteiger partial charge in [-0.25, -0.2) is 0 Å². The smallest absolute Gasteiger partial charge is 0.173 e. The first-order valence-corrected chi connectivity index (χ1v) is 13.2. The molecule has 4 aliphatic carbocycles. The molecule has 180 valence electrons. The monoisotopic (exact) mass is 444 g/mol. The number of Topliss-reactive ketones (excluding diaryl/α,β-unsaturated/α-hetero) is 1. The van der Waals surface area contributed by atoms with E-state index in [0.29, 0.717) is 42.9 Å². The largest absolute Gasteiger partial charge is 0.393 e. The van der Waals surface area contributed by atoms with Gasteiger partial charge in [0.05, 0.1) is 17.6 Å². The fourth-order valence-electron chi connectivity index (χ4n) is 8.87. The maximum atomic E-state index is 14.2. The summed E-state index contributed by atoms with van der Waals surface area (Å²) in [6.07, 6.45) is 10.0. The van der Waals surface area contributed by atoms with Crippen LogP contribution in [0.4, 0.5) is 0 Å². The predicted molar refractivity (Wildman–Crippen MR) is 125 cm³/mol. The van der Waals surface area contributed by atoms with Crippen molar-refractivity contribution < 1.29 is 19.7 Å². The molecule has 5 rings (SSSR count). The van der Waals surface area contributed by atoms with Gasteiger partial charge in [0.2, 0.25) is 0 Å². The van der Waals surface area contributed by atoms with Crippen LogP contribution in [-0.4, -0.2) is 39.4 Å². The summed E-state index contributed by atoms with van der Waals surface area (Å²) in [6, 6.07) is 0. The minimum Gasteiger partial charge on any atom is -0.393 e. The van der Waals surface area contributed by atoms with Crippen LogP contribution >= 0.6 is 0 Å². The van der Waals surface area contributed by atoms with Crippen molar-refractivity contribution in [1.82, 2.24) is 0 Å². The first-order chi connectivity index (χ1) is 14.9. The molecule has 5 aliphatic rings. The molecule has 0 aromatic carbocycles. The lowest BCUT2D eigenvalue weighted by Gasteiger charge is -2.59. The summed E-state index contributed by atoms with van der Waals surface area (Å²) >= 11 is 0. The zero-order valence-corrected chi connectivity index (χ0v) is 20.9. The highest BCUT2D eigenvalue weighted by Gasteiger charge is 2.83. The van der Waals surface area contributed by atoms with Crippen molar-refractivity contribution in [1.29, 1.82) is 0 Å². The Bertz CT molecular complexity index is 820. The Morgan fingerprint density at radius 3 is 2.44 bits per heavy atom. The Balaban J connectivity index is 1.45. The number of fused-ring (bicyclic) bond motifs is 4. The molecule has 5 fully saturated rings. The van der Waals surface area contributed by atoms with Crippen LogP contribution < -0.4 is 0 Å². The van der Waals surface area contributed by atoms with Crippen molar-refractivity contribution in [3.05, 3.63) is 12.2 Å². The molecule has 0 aromatic rings. The highest BCUT2D eigenvalue weighted by Crippen LogP contribution is 2.73. The Kier molecular flexibility index (Phi) is 5.15. The van der Waals surface area contributed by atoms with Crippen molar-refractivity contribution in [2.24, 2.45) is 46.3 Å². The third kappa shape index (κ3) is 2.75. The zero-order valence-electron chi connectivity index (χ0n) is 20.9. The van der Waals surface area contributed by atoms with Gasteiger partial charge < -0.3 is 14.9 Å². The zero-order chi connectivity index (χ0) is 23.3. The maximum Gasteiger partial charge on any atom is 0.173 e. The van der Waals surface area contributed by atoms with E-state index in [4.69, 9.17) is 4.74 Å². The molecule has 32 heavy (non-hydrogen) atoms. The number of hydrogen-bond acceptors (Lipinski definition) is 4. The van der Waals surface area contributed by atoms with E-state index in [-0.39, 0.29) is 29.1 Å². The molecule has 0 radical (unpaired) electrons. The first-order valence-electron chi connectivity index (χ1n) is 13.2. The van der Waals surface area contributed by atoms with E-state index < -0.39 is 22.7 Å². The first kappa shape index (κ1) is 23.1. The average molecular weight is 445 g/mol. The molecule has 2 N–H and O–H groups in total. The van der Waals surface area contributed by atoms with Gasteiger partial charge in [0.1, 0.15) is 11.2 Å². The van der Waals surface area contributed by atoms with Gasteiger partial charge in [-0.05, 0) is 74.5 Å². The third-order valence-electron chi connectivity index (χ3n) is 11.3. The Morgan fingerprint density at radius 2 is 1.75 bits per heavy atom. The summed E-state index contributed by atoms with van der Waals surface area (Å²) in [6.45, 7) is 13.5. The predicted octanol–water partition coefficient (Wildman–Crippen LogP) is 4.92. The van der Waals surface area contributed by atoms with Crippen LogP contribution in [0.3, 0.4) is 0 Å². The molecular weight excluding hydrogens is 400 g/mol. The van der Waals surface area contributed by atoms with Crippen LogP contribution in [0, 0.1) is 46.3 Å². The van der Waals surface area contributed by atoms with Crippen molar-refractivity contribution in [3.63, 3.8) is 0 Å². The van der Waals surface area contributed by atoms with E-state index >= 15 is 0 Å².